The first-order valence-corrected chi connectivity index (χ1v) is 13.6. The number of carbonyl (C=O) groups excluding carboxylic acids is 1. The number of amides is 1. The molecule has 1 unspecified atom stereocenters. The van der Waals surface area contributed by atoms with Crippen LogP contribution in [0, 0.1) is 5.92 Å². The zero-order valence-electron chi connectivity index (χ0n) is 22.8. The summed E-state index contributed by atoms with van der Waals surface area (Å²) in [6, 6.07) is 5.39. The van der Waals surface area contributed by atoms with Crippen molar-refractivity contribution in [3.05, 3.63) is 42.5 Å². The number of nitrogens with zero attached hydrogens (tertiary/aromatic N) is 5. The number of hydrogen-bond donors (Lipinski definition) is 1. The Morgan fingerprint density at radius 3 is 2.63 bits per heavy atom. The van der Waals surface area contributed by atoms with Crippen molar-refractivity contribution in [2.45, 2.75) is 51.1 Å². The molecular formula is C28H41N5O5. The Morgan fingerprint density at radius 1 is 1.13 bits per heavy atom. The highest BCUT2D eigenvalue weighted by atomic mass is 16.7. The molecule has 2 aromatic rings. The molecule has 10 nitrogen and oxygen atoms in total. The van der Waals surface area contributed by atoms with Crippen molar-refractivity contribution in [1.82, 2.24) is 24.3 Å². The van der Waals surface area contributed by atoms with Gasteiger partial charge in [0.2, 0.25) is 12.7 Å². The van der Waals surface area contributed by atoms with Crippen LogP contribution in [-0.4, -0.2) is 101 Å². The van der Waals surface area contributed by atoms with Crippen molar-refractivity contribution >= 4 is 11.9 Å². The van der Waals surface area contributed by atoms with Gasteiger partial charge in [0.05, 0.1) is 18.8 Å². The fourth-order valence-corrected chi connectivity index (χ4v) is 5.60. The SMILES string of the molecule is CCCCN(CCCN(C)C)C(=O)CN1C[C@H](c2ccc3c(c2)OCO3)C(C(=O)O)[C@@H]1CCn1ccnc1. The number of rotatable bonds is 14. The Bertz CT molecular complexity index is 1060. The number of aliphatic carboxylic acids is 1. The van der Waals surface area contributed by atoms with Crippen LogP contribution in [0.4, 0.5) is 0 Å². The average Bonchev–Trinajstić information content (AvgIpc) is 3.64. The molecule has 3 heterocycles. The Morgan fingerprint density at radius 2 is 1.92 bits per heavy atom. The van der Waals surface area contributed by atoms with Crippen molar-refractivity contribution in [1.29, 1.82) is 0 Å². The van der Waals surface area contributed by atoms with Crippen LogP contribution in [0.1, 0.15) is 44.1 Å². The molecule has 0 spiro atoms. The number of carboxylic acids is 1. The van der Waals surface area contributed by atoms with Gasteiger partial charge in [0.25, 0.3) is 0 Å². The lowest BCUT2D eigenvalue weighted by Crippen LogP contribution is -2.45. The summed E-state index contributed by atoms with van der Waals surface area (Å²) in [5, 5.41) is 10.4. The van der Waals surface area contributed by atoms with Gasteiger partial charge in [-0.25, -0.2) is 4.98 Å². The number of likely N-dealkylation sites (tertiary alicyclic amines) is 1. The molecule has 208 valence electrons. The Labute approximate surface area is 225 Å². The van der Waals surface area contributed by atoms with Crippen molar-refractivity contribution in [2.24, 2.45) is 5.92 Å². The highest BCUT2D eigenvalue weighted by Gasteiger charge is 2.47. The van der Waals surface area contributed by atoms with Crippen LogP contribution >= 0.6 is 0 Å². The van der Waals surface area contributed by atoms with E-state index in [0.29, 0.717) is 37.6 Å². The van der Waals surface area contributed by atoms with E-state index in [1.807, 2.05) is 48.0 Å². The fourth-order valence-electron chi connectivity index (χ4n) is 5.60. The maximum atomic E-state index is 13.6. The average molecular weight is 528 g/mol. The minimum atomic E-state index is -0.841. The van der Waals surface area contributed by atoms with Crippen LogP contribution in [0.2, 0.25) is 0 Å². The van der Waals surface area contributed by atoms with Gasteiger partial charge in [0, 0.05) is 50.5 Å². The lowest BCUT2D eigenvalue weighted by atomic mass is 9.84. The summed E-state index contributed by atoms with van der Waals surface area (Å²) in [6.45, 7) is 5.99. The van der Waals surface area contributed by atoms with E-state index in [-0.39, 0.29) is 31.2 Å². The van der Waals surface area contributed by atoms with Crippen LogP contribution < -0.4 is 9.47 Å². The number of unbranched alkanes of at least 4 members (excludes halogenated alkanes) is 1. The molecule has 2 aliphatic heterocycles. The number of ether oxygens (including phenoxy) is 2. The predicted octanol–water partition coefficient (Wildman–Crippen LogP) is 2.75. The van der Waals surface area contributed by atoms with Crippen molar-refractivity contribution < 1.29 is 24.2 Å². The summed E-state index contributed by atoms with van der Waals surface area (Å²) in [4.78, 5) is 36.6. The molecule has 1 N–H and O–H groups in total. The molecule has 38 heavy (non-hydrogen) atoms. The molecule has 1 saturated heterocycles. The second-order valence-corrected chi connectivity index (χ2v) is 10.6. The zero-order valence-corrected chi connectivity index (χ0v) is 22.8. The molecule has 3 atom stereocenters. The number of carbonyl (C=O) groups is 2. The van der Waals surface area contributed by atoms with Crippen LogP contribution in [0.3, 0.4) is 0 Å². The van der Waals surface area contributed by atoms with Gasteiger partial charge in [-0.1, -0.05) is 19.4 Å². The largest absolute Gasteiger partial charge is 0.481 e. The van der Waals surface area contributed by atoms with E-state index in [1.165, 1.54) is 0 Å². The topological polar surface area (TPSA) is 100 Å². The van der Waals surface area contributed by atoms with E-state index in [9.17, 15) is 14.7 Å². The summed E-state index contributed by atoms with van der Waals surface area (Å²) in [5.74, 6) is -0.369. The number of fused-ring (bicyclic) bond motifs is 1. The predicted molar refractivity (Wildman–Crippen MR) is 143 cm³/mol. The van der Waals surface area contributed by atoms with Gasteiger partial charge >= 0.3 is 5.97 Å². The summed E-state index contributed by atoms with van der Waals surface area (Å²) in [5.41, 5.74) is 0.901. The van der Waals surface area contributed by atoms with Crippen molar-refractivity contribution in [3.8, 4) is 11.5 Å². The van der Waals surface area contributed by atoms with E-state index in [1.54, 1.807) is 12.5 Å². The molecule has 0 radical (unpaired) electrons. The van der Waals surface area contributed by atoms with Gasteiger partial charge in [0.1, 0.15) is 0 Å². The minimum Gasteiger partial charge on any atom is -0.481 e. The summed E-state index contributed by atoms with van der Waals surface area (Å²) >= 11 is 0. The van der Waals surface area contributed by atoms with Crippen LogP contribution in [0.25, 0.3) is 0 Å². The van der Waals surface area contributed by atoms with Gasteiger partial charge < -0.3 is 28.9 Å². The second kappa shape index (κ2) is 13.1. The number of benzene rings is 1. The molecule has 1 aromatic heterocycles. The molecule has 0 aliphatic carbocycles. The third kappa shape index (κ3) is 6.85. The van der Waals surface area contributed by atoms with E-state index in [0.717, 1.165) is 37.9 Å². The van der Waals surface area contributed by atoms with Crippen LogP contribution in [0.5, 0.6) is 11.5 Å². The van der Waals surface area contributed by atoms with E-state index in [2.05, 4.69) is 21.7 Å². The number of hydrogen-bond acceptors (Lipinski definition) is 7. The monoisotopic (exact) mass is 527 g/mol. The smallest absolute Gasteiger partial charge is 0.308 e. The molecule has 1 fully saturated rings. The maximum absolute atomic E-state index is 13.6. The third-order valence-electron chi connectivity index (χ3n) is 7.61. The highest BCUT2D eigenvalue weighted by molar-refractivity contribution is 5.79. The summed E-state index contributed by atoms with van der Waals surface area (Å²) in [7, 11) is 4.07. The Hall–Kier alpha value is -3.11. The fraction of sp³-hybridized carbons (Fsp3) is 0.607. The molecule has 2 aliphatic rings. The normalized spacial score (nSPS) is 20.8. The lowest BCUT2D eigenvalue weighted by Gasteiger charge is -2.30. The van der Waals surface area contributed by atoms with E-state index >= 15 is 0 Å². The molecule has 10 heteroatoms. The lowest BCUT2D eigenvalue weighted by molar-refractivity contribution is -0.144. The van der Waals surface area contributed by atoms with Gasteiger partial charge in [-0.2, -0.15) is 0 Å². The van der Waals surface area contributed by atoms with Gasteiger partial charge in [-0.15, -0.1) is 0 Å². The van der Waals surface area contributed by atoms with E-state index in [4.69, 9.17) is 9.47 Å². The van der Waals surface area contributed by atoms with Crippen molar-refractivity contribution in [2.75, 3.05) is 53.6 Å². The quantitative estimate of drug-likeness (QED) is 0.400. The zero-order chi connectivity index (χ0) is 27.1. The molecule has 0 saturated carbocycles. The number of aromatic nitrogens is 2. The van der Waals surface area contributed by atoms with E-state index < -0.39 is 11.9 Å². The molecule has 0 bridgehead atoms. The third-order valence-corrected chi connectivity index (χ3v) is 7.61. The first kappa shape index (κ1) is 27.9. The standard InChI is InChI=1S/C28H41N5O5/c1-4-5-12-32(13-6-11-30(2)3)26(34)18-33-17-22(21-7-8-24-25(16-21)38-20-37-24)27(28(35)36)23(33)9-14-31-15-10-29-19-31/h7-8,10,15-16,19,22-23,27H,4-6,9,11-14,17-18,20H2,1-3H3,(H,35,36)/t22-,23+,27?/m1/s1. The highest BCUT2D eigenvalue weighted by Crippen LogP contribution is 2.42. The molecule has 1 aromatic carbocycles. The maximum Gasteiger partial charge on any atom is 0.308 e. The van der Waals surface area contributed by atoms with Gasteiger partial charge in [0.15, 0.2) is 11.5 Å². The van der Waals surface area contributed by atoms with Gasteiger partial charge in [-0.3, -0.25) is 14.5 Å². The number of aryl methyl sites for hydroxylation is 1. The molecule has 1 amide bonds. The molecule has 4 rings (SSSR count). The number of imidazole rings is 1. The molecular weight excluding hydrogens is 486 g/mol. The second-order valence-electron chi connectivity index (χ2n) is 10.6. The van der Waals surface area contributed by atoms with Crippen molar-refractivity contribution in [3.63, 3.8) is 0 Å². The first-order chi connectivity index (χ1) is 18.4. The van der Waals surface area contributed by atoms with Crippen LogP contribution in [0.15, 0.2) is 36.9 Å². The Balaban J connectivity index is 1.55. The number of carboxylic acid groups (broad SMARTS) is 1. The van der Waals surface area contributed by atoms with Gasteiger partial charge in [-0.05, 0) is 57.6 Å². The first-order valence-electron chi connectivity index (χ1n) is 13.6. The summed E-state index contributed by atoms with van der Waals surface area (Å²) in [6.07, 6.45) is 8.83. The minimum absolute atomic E-state index is 0.0697. The van der Waals surface area contributed by atoms with Crippen LogP contribution in [-0.2, 0) is 16.1 Å². The summed E-state index contributed by atoms with van der Waals surface area (Å²) < 4.78 is 13.0. The Kier molecular flexibility index (Phi) is 9.63.